The average molecular weight is 630 g/mol. The monoisotopic (exact) mass is 629 g/mol. The van der Waals surface area contributed by atoms with E-state index >= 15 is 0 Å². The van der Waals surface area contributed by atoms with Crippen molar-refractivity contribution in [3.05, 3.63) is 70.8 Å². The molecule has 1 amide bonds. The first kappa shape index (κ1) is 31.6. The summed E-state index contributed by atoms with van der Waals surface area (Å²) in [7, 11) is 4.29. The molecule has 0 radical (unpaired) electrons. The second-order valence-corrected chi connectivity index (χ2v) is 9.64. The number of nitrogens with one attached hydrogen (secondary N) is 3. The van der Waals surface area contributed by atoms with Gasteiger partial charge in [0.15, 0.2) is 11.5 Å². The number of anilines is 2. The van der Waals surface area contributed by atoms with Crippen molar-refractivity contribution in [1.29, 1.82) is 5.41 Å². The predicted octanol–water partition coefficient (Wildman–Crippen LogP) is 4.65. The van der Waals surface area contributed by atoms with Crippen LogP contribution >= 0.6 is 11.9 Å². The number of hydrogen-bond donors (Lipinski definition) is 4. The number of amides is 1. The van der Waals surface area contributed by atoms with E-state index in [1.807, 2.05) is 0 Å². The molecule has 17 heteroatoms. The van der Waals surface area contributed by atoms with Gasteiger partial charge in [-0.15, -0.1) is 0 Å². The number of nitrogens with two attached hydrogens (primary N) is 1. The Labute approximate surface area is 253 Å². The molecule has 0 unspecified atom stereocenters. The van der Waals surface area contributed by atoms with Gasteiger partial charge in [-0.05, 0) is 31.0 Å². The molecule has 0 aliphatic carbocycles. The SMILES string of the molecule is COc1cc(Nc2ncc(-c3cnc(OC)c(C(=O)NS/C(C=N)=C/N)c3)c(-n3nc(C(F)(F)F)cc3C)n2)cc(OC)c1. The quantitative estimate of drug-likeness (QED) is 0.134. The highest BCUT2D eigenvalue weighted by Gasteiger charge is 2.35. The van der Waals surface area contributed by atoms with E-state index in [0.717, 1.165) is 35.1 Å². The molecule has 1 aromatic carbocycles. The maximum Gasteiger partial charge on any atom is 0.435 e. The number of rotatable bonds is 11. The number of allylic oxidation sites excluding steroid dienone is 1. The van der Waals surface area contributed by atoms with Crippen LogP contribution in [0.15, 0.2) is 53.8 Å². The second kappa shape index (κ2) is 13.3. The molecule has 5 N–H and O–H groups in total. The van der Waals surface area contributed by atoms with E-state index in [4.69, 9.17) is 25.4 Å². The summed E-state index contributed by atoms with van der Waals surface area (Å²) in [6.07, 6.45) is 0.114. The van der Waals surface area contributed by atoms with Crippen LogP contribution in [0, 0.1) is 12.3 Å². The molecule has 4 aromatic rings. The molecule has 0 saturated carbocycles. The first-order valence-electron chi connectivity index (χ1n) is 12.5. The van der Waals surface area contributed by atoms with E-state index in [1.165, 1.54) is 46.7 Å². The number of nitrogens with zero attached hydrogens (tertiary/aromatic N) is 5. The van der Waals surface area contributed by atoms with Crippen LogP contribution in [0.3, 0.4) is 0 Å². The lowest BCUT2D eigenvalue weighted by molar-refractivity contribution is -0.141. The Hall–Kier alpha value is -5.32. The van der Waals surface area contributed by atoms with Crippen molar-refractivity contribution in [2.24, 2.45) is 5.73 Å². The smallest absolute Gasteiger partial charge is 0.435 e. The third kappa shape index (κ3) is 7.00. The van der Waals surface area contributed by atoms with Gasteiger partial charge < -0.3 is 30.7 Å². The number of alkyl halides is 3. The number of ether oxygens (including phenoxy) is 3. The summed E-state index contributed by atoms with van der Waals surface area (Å²) in [6, 6.07) is 7.28. The maximum atomic E-state index is 13.6. The molecule has 3 heterocycles. The van der Waals surface area contributed by atoms with Crippen LogP contribution in [0.25, 0.3) is 16.9 Å². The number of aromatic nitrogens is 5. The van der Waals surface area contributed by atoms with E-state index in [9.17, 15) is 18.0 Å². The second-order valence-electron chi connectivity index (χ2n) is 8.77. The van der Waals surface area contributed by atoms with Crippen molar-refractivity contribution >= 4 is 35.7 Å². The number of hydrogen-bond acceptors (Lipinski definition) is 12. The van der Waals surface area contributed by atoms with Crippen LogP contribution < -0.4 is 30.0 Å². The molecule has 0 atom stereocenters. The van der Waals surface area contributed by atoms with Gasteiger partial charge in [0.05, 0.1) is 26.2 Å². The largest absolute Gasteiger partial charge is 0.497 e. The minimum atomic E-state index is -4.71. The summed E-state index contributed by atoms with van der Waals surface area (Å²) in [5.74, 6) is 0.280. The van der Waals surface area contributed by atoms with Gasteiger partial charge in [-0.2, -0.15) is 23.3 Å². The summed E-state index contributed by atoms with van der Waals surface area (Å²) in [5.41, 5.74) is 5.40. The highest BCUT2D eigenvalue weighted by molar-refractivity contribution is 8.02. The van der Waals surface area contributed by atoms with Gasteiger partial charge in [-0.3, -0.25) is 9.52 Å². The summed E-state index contributed by atoms with van der Waals surface area (Å²) < 4.78 is 60.2. The maximum absolute atomic E-state index is 13.6. The Morgan fingerprint density at radius 1 is 1.05 bits per heavy atom. The Morgan fingerprint density at radius 2 is 1.75 bits per heavy atom. The number of carbonyl (C=O) groups is 1. The van der Waals surface area contributed by atoms with E-state index in [1.54, 1.807) is 18.2 Å². The fourth-order valence-corrected chi connectivity index (χ4v) is 4.28. The molecule has 13 nitrogen and oxygen atoms in total. The molecule has 0 saturated heterocycles. The topological polar surface area (TPSA) is 175 Å². The molecule has 0 fully saturated rings. The number of pyridine rings is 1. The third-order valence-corrected chi connectivity index (χ3v) is 6.70. The summed E-state index contributed by atoms with van der Waals surface area (Å²) in [6.45, 7) is 1.45. The Kier molecular flexibility index (Phi) is 9.57. The van der Waals surface area contributed by atoms with Crippen LogP contribution in [-0.2, 0) is 6.18 Å². The zero-order valence-corrected chi connectivity index (χ0v) is 24.5. The lowest BCUT2D eigenvalue weighted by Crippen LogP contribution is -2.18. The number of aryl methyl sites for hydroxylation is 1. The van der Waals surface area contributed by atoms with Gasteiger partial charge in [-0.25, -0.2) is 14.6 Å². The molecule has 230 valence electrons. The zero-order chi connectivity index (χ0) is 32.0. The fourth-order valence-electron chi connectivity index (χ4n) is 3.83. The van der Waals surface area contributed by atoms with Crippen LogP contribution in [0.1, 0.15) is 21.7 Å². The average Bonchev–Trinajstić information content (AvgIpc) is 3.42. The molecule has 0 aliphatic heterocycles. The van der Waals surface area contributed by atoms with Crippen LogP contribution in [-0.4, -0.2) is 58.2 Å². The van der Waals surface area contributed by atoms with Crippen molar-refractivity contribution in [1.82, 2.24) is 29.5 Å². The standard InChI is InChI=1S/C27H26F3N9O4S/c1-14-5-22(27(28,29)30)37-39(14)23-21(13-34-26(36-23)35-16-7-17(41-2)9-18(8-16)42-3)15-6-20(25(43-4)33-12-15)24(40)38-44-19(10-31)11-32/h5-13,31H,32H2,1-4H3,(H,38,40)(H,34,35,36)/b19-11+,31-10?. The Bertz CT molecular complexity index is 1710. The van der Waals surface area contributed by atoms with Gasteiger partial charge in [0.1, 0.15) is 17.1 Å². The van der Waals surface area contributed by atoms with Crippen molar-refractivity contribution in [2.45, 2.75) is 13.1 Å². The minimum Gasteiger partial charge on any atom is -0.497 e. The van der Waals surface area contributed by atoms with Crippen LogP contribution in [0.2, 0.25) is 0 Å². The number of methoxy groups -OCH3 is 3. The number of carbonyl (C=O) groups excluding carboxylic acids is 1. The molecule has 3 aromatic heterocycles. The molecule has 0 aliphatic rings. The summed E-state index contributed by atoms with van der Waals surface area (Å²) >= 11 is 0.799. The molecule has 0 spiro atoms. The van der Waals surface area contributed by atoms with Gasteiger partial charge >= 0.3 is 6.18 Å². The molecular weight excluding hydrogens is 603 g/mol. The highest BCUT2D eigenvalue weighted by Crippen LogP contribution is 2.34. The summed E-state index contributed by atoms with van der Waals surface area (Å²) in [5, 5.41) is 14.1. The zero-order valence-electron chi connectivity index (χ0n) is 23.7. The lowest BCUT2D eigenvalue weighted by atomic mass is 10.1. The third-order valence-electron chi connectivity index (χ3n) is 5.92. The van der Waals surface area contributed by atoms with Crippen LogP contribution in [0.4, 0.5) is 24.8 Å². The van der Waals surface area contributed by atoms with E-state index in [0.29, 0.717) is 17.2 Å². The Balaban J connectivity index is 1.84. The lowest BCUT2D eigenvalue weighted by Gasteiger charge is -2.15. The summed E-state index contributed by atoms with van der Waals surface area (Å²) in [4.78, 5) is 26.4. The van der Waals surface area contributed by atoms with Crippen molar-refractivity contribution in [3.63, 3.8) is 0 Å². The van der Waals surface area contributed by atoms with E-state index in [2.05, 4.69) is 30.1 Å². The van der Waals surface area contributed by atoms with Gasteiger partial charge in [0, 0.05) is 65.5 Å². The normalized spacial score (nSPS) is 11.6. The molecular formula is C27H26F3N9O4S. The highest BCUT2D eigenvalue weighted by atomic mass is 32.2. The number of halogens is 3. The van der Waals surface area contributed by atoms with E-state index in [-0.39, 0.29) is 44.9 Å². The van der Waals surface area contributed by atoms with Gasteiger partial charge in [-0.1, -0.05) is 0 Å². The van der Waals surface area contributed by atoms with Crippen molar-refractivity contribution in [3.8, 4) is 34.3 Å². The van der Waals surface area contributed by atoms with E-state index < -0.39 is 17.8 Å². The minimum absolute atomic E-state index is 0.0105. The first-order chi connectivity index (χ1) is 21.0. The molecule has 44 heavy (non-hydrogen) atoms. The first-order valence-corrected chi connectivity index (χ1v) is 13.3. The Morgan fingerprint density at radius 3 is 2.32 bits per heavy atom. The molecule has 4 rings (SSSR count). The van der Waals surface area contributed by atoms with Crippen LogP contribution in [0.5, 0.6) is 17.4 Å². The number of benzene rings is 1. The predicted molar refractivity (Wildman–Crippen MR) is 158 cm³/mol. The van der Waals surface area contributed by atoms with Gasteiger partial charge in [0.2, 0.25) is 11.8 Å². The van der Waals surface area contributed by atoms with Crippen molar-refractivity contribution < 1.29 is 32.2 Å². The van der Waals surface area contributed by atoms with Gasteiger partial charge in [0.25, 0.3) is 5.91 Å². The fraction of sp³-hybridized carbons (Fsp3) is 0.185. The molecule has 0 bridgehead atoms. The van der Waals surface area contributed by atoms with Crippen molar-refractivity contribution in [2.75, 3.05) is 26.6 Å².